The molecular formula is C25H25BrClN3O5. The summed E-state index contributed by atoms with van der Waals surface area (Å²) in [6.07, 6.45) is -0.161. The number of fused-ring (bicyclic) bond motifs is 1. The number of nitrogens with one attached hydrogen (secondary N) is 2. The molecule has 2 aromatic carbocycles. The minimum Gasteiger partial charge on any atom is -0.395 e. The SMILES string of the molecule is O=C(Nc1ccccc1Cl)C1N(CCO)C(=O)[C@@H]2[C@H](C(=O)NCc3ccccc3)[C@H]3OC12CC3Br. The molecule has 35 heavy (non-hydrogen) atoms. The molecule has 3 amide bonds. The summed E-state index contributed by atoms with van der Waals surface area (Å²) in [5.74, 6) is -2.71. The number of aliphatic hydroxyl groups is 1. The number of carbonyl (C=O) groups is 3. The first-order valence-corrected chi connectivity index (χ1v) is 12.8. The molecule has 1 spiro atoms. The lowest BCUT2D eigenvalue weighted by molar-refractivity contribution is -0.141. The van der Waals surface area contributed by atoms with Crippen molar-refractivity contribution in [1.29, 1.82) is 0 Å². The van der Waals surface area contributed by atoms with Crippen molar-refractivity contribution < 1.29 is 24.2 Å². The Morgan fingerprint density at radius 1 is 1.14 bits per heavy atom. The molecule has 3 N–H and O–H groups in total. The standard InChI is InChI=1S/C25H25BrClN3O5/c26-15-12-25-19(18(20(15)35-25)22(32)28-13-14-6-2-1-3-7-14)24(34)30(10-11-31)21(25)23(33)29-17-9-5-4-8-16(17)27/h1-9,15,18-21,31H,10-13H2,(H,28,32)(H,29,33)/t15?,18-,19-,20-,21?,25?/m0/s1. The van der Waals surface area contributed by atoms with Gasteiger partial charge < -0.3 is 25.4 Å². The quantitative estimate of drug-likeness (QED) is 0.449. The van der Waals surface area contributed by atoms with Gasteiger partial charge >= 0.3 is 0 Å². The molecular weight excluding hydrogens is 538 g/mol. The van der Waals surface area contributed by atoms with E-state index in [1.165, 1.54) is 4.90 Å². The van der Waals surface area contributed by atoms with Crippen LogP contribution in [0.15, 0.2) is 54.6 Å². The van der Waals surface area contributed by atoms with Crippen molar-refractivity contribution in [3.05, 3.63) is 65.2 Å². The molecule has 0 saturated carbocycles. The van der Waals surface area contributed by atoms with Crippen LogP contribution in [-0.2, 0) is 25.7 Å². The number of halogens is 2. The van der Waals surface area contributed by atoms with Crippen molar-refractivity contribution in [3.63, 3.8) is 0 Å². The zero-order valence-corrected chi connectivity index (χ0v) is 21.0. The van der Waals surface area contributed by atoms with Crippen LogP contribution in [0, 0.1) is 11.8 Å². The van der Waals surface area contributed by atoms with E-state index < -0.39 is 35.5 Å². The fraction of sp³-hybridized carbons (Fsp3) is 0.400. The molecule has 8 nitrogen and oxygen atoms in total. The van der Waals surface area contributed by atoms with E-state index in [4.69, 9.17) is 16.3 Å². The number of hydrogen-bond acceptors (Lipinski definition) is 5. The highest BCUT2D eigenvalue weighted by Crippen LogP contribution is 2.60. The number of alkyl halides is 1. The zero-order valence-electron chi connectivity index (χ0n) is 18.7. The summed E-state index contributed by atoms with van der Waals surface area (Å²) in [6.45, 7) is -0.0476. The summed E-state index contributed by atoms with van der Waals surface area (Å²) in [6, 6.07) is 15.3. The van der Waals surface area contributed by atoms with Gasteiger partial charge in [0.05, 0.1) is 35.3 Å². The van der Waals surface area contributed by atoms with Gasteiger partial charge in [-0.15, -0.1) is 0 Å². The van der Waals surface area contributed by atoms with Gasteiger partial charge in [0.15, 0.2) is 0 Å². The number of aliphatic hydroxyl groups excluding tert-OH is 1. The highest BCUT2D eigenvalue weighted by atomic mass is 79.9. The third kappa shape index (κ3) is 4.04. The maximum absolute atomic E-state index is 13.6. The van der Waals surface area contributed by atoms with E-state index in [-0.39, 0.29) is 29.8 Å². The molecule has 6 atom stereocenters. The summed E-state index contributed by atoms with van der Waals surface area (Å²) in [5.41, 5.74) is 0.160. The monoisotopic (exact) mass is 561 g/mol. The number of para-hydroxylation sites is 1. The molecule has 10 heteroatoms. The van der Waals surface area contributed by atoms with Crippen molar-refractivity contribution in [2.45, 2.75) is 35.5 Å². The Labute approximate surface area is 216 Å². The number of benzene rings is 2. The molecule has 3 saturated heterocycles. The smallest absolute Gasteiger partial charge is 0.250 e. The fourth-order valence-corrected chi connectivity index (χ4v) is 6.87. The summed E-state index contributed by atoms with van der Waals surface area (Å²) in [5, 5.41) is 15.8. The number of anilines is 1. The first kappa shape index (κ1) is 24.2. The molecule has 3 unspecified atom stereocenters. The molecule has 0 aliphatic carbocycles. The van der Waals surface area contributed by atoms with Gasteiger partial charge in [0.2, 0.25) is 17.7 Å². The average Bonchev–Trinajstić information content (AvgIpc) is 3.43. The van der Waals surface area contributed by atoms with Gasteiger partial charge in [-0.25, -0.2) is 0 Å². The maximum atomic E-state index is 13.6. The number of hydrogen-bond donors (Lipinski definition) is 3. The van der Waals surface area contributed by atoms with Crippen LogP contribution in [0.25, 0.3) is 0 Å². The van der Waals surface area contributed by atoms with Gasteiger partial charge in [0, 0.05) is 17.9 Å². The third-order valence-electron chi connectivity index (χ3n) is 7.12. The van der Waals surface area contributed by atoms with E-state index in [0.29, 0.717) is 23.7 Å². The van der Waals surface area contributed by atoms with Crippen LogP contribution in [0.2, 0.25) is 5.02 Å². The van der Waals surface area contributed by atoms with E-state index in [9.17, 15) is 19.5 Å². The minimum atomic E-state index is -1.19. The first-order valence-electron chi connectivity index (χ1n) is 11.5. The van der Waals surface area contributed by atoms with Gasteiger partial charge in [-0.2, -0.15) is 0 Å². The van der Waals surface area contributed by atoms with Crippen molar-refractivity contribution in [2.24, 2.45) is 11.8 Å². The molecule has 2 aromatic rings. The van der Waals surface area contributed by atoms with Crippen molar-refractivity contribution in [2.75, 3.05) is 18.5 Å². The molecule has 5 rings (SSSR count). The van der Waals surface area contributed by atoms with Crippen LogP contribution in [0.1, 0.15) is 12.0 Å². The fourth-order valence-electron chi connectivity index (χ4n) is 5.74. The molecule has 0 aromatic heterocycles. The van der Waals surface area contributed by atoms with E-state index in [0.717, 1.165) is 5.56 Å². The molecule has 3 fully saturated rings. The van der Waals surface area contributed by atoms with Crippen LogP contribution in [0.5, 0.6) is 0 Å². The number of likely N-dealkylation sites (tertiary alicyclic amines) is 1. The Bertz CT molecular complexity index is 1150. The Hall–Kier alpha value is -2.46. The number of β-amino-alcohol motifs (C(OH)–C–C–N with tert-alkyl or cyclic N) is 1. The van der Waals surface area contributed by atoms with Gasteiger partial charge in [-0.3, -0.25) is 14.4 Å². The highest BCUT2D eigenvalue weighted by Gasteiger charge is 2.76. The molecule has 184 valence electrons. The molecule has 3 aliphatic rings. The van der Waals surface area contributed by atoms with E-state index in [1.54, 1.807) is 24.3 Å². The van der Waals surface area contributed by atoms with Crippen molar-refractivity contribution in [1.82, 2.24) is 10.2 Å². The van der Waals surface area contributed by atoms with Crippen LogP contribution in [0.4, 0.5) is 5.69 Å². The number of ether oxygens (including phenoxy) is 1. The molecule has 0 radical (unpaired) electrons. The lowest BCUT2D eigenvalue weighted by Crippen LogP contribution is -2.54. The van der Waals surface area contributed by atoms with Gasteiger partial charge in [-0.05, 0) is 24.1 Å². The van der Waals surface area contributed by atoms with Crippen LogP contribution < -0.4 is 10.6 Å². The summed E-state index contributed by atoms with van der Waals surface area (Å²) in [7, 11) is 0. The van der Waals surface area contributed by atoms with Crippen LogP contribution in [0.3, 0.4) is 0 Å². The average molecular weight is 563 g/mol. The normalized spacial score (nSPS) is 30.9. The highest BCUT2D eigenvalue weighted by molar-refractivity contribution is 9.09. The molecule has 2 bridgehead atoms. The van der Waals surface area contributed by atoms with Gasteiger partial charge in [0.25, 0.3) is 0 Å². The zero-order chi connectivity index (χ0) is 24.7. The molecule has 3 heterocycles. The number of rotatable bonds is 7. The second-order valence-electron chi connectivity index (χ2n) is 9.09. The summed E-state index contributed by atoms with van der Waals surface area (Å²) in [4.78, 5) is 41.7. The van der Waals surface area contributed by atoms with E-state index >= 15 is 0 Å². The number of amides is 3. The predicted octanol–water partition coefficient (Wildman–Crippen LogP) is 2.34. The lowest BCUT2D eigenvalue weighted by Gasteiger charge is -2.34. The lowest BCUT2D eigenvalue weighted by atomic mass is 9.70. The topological polar surface area (TPSA) is 108 Å². The number of nitrogens with zero attached hydrogens (tertiary/aromatic N) is 1. The van der Waals surface area contributed by atoms with Gasteiger partial charge in [0.1, 0.15) is 11.6 Å². The second kappa shape index (κ2) is 9.54. The Morgan fingerprint density at radius 3 is 2.57 bits per heavy atom. The number of carbonyl (C=O) groups excluding carboxylic acids is 3. The van der Waals surface area contributed by atoms with Crippen LogP contribution in [-0.4, -0.2) is 63.5 Å². The maximum Gasteiger partial charge on any atom is 0.250 e. The first-order chi connectivity index (χ1) is 16.9. The van der Waals surface area contributed by atoms with Crippen LogP contribution >= 0.6 is 27.5 Å². The van der Waals surface area contributed by atoms with Gasteiger partial charge in [-0.1, -0.05) is 70.0 Å². The summed E-state index contributed by atoms with van der Waals surface area (Å²) < 4.78 is 6.38. The Morgan fingerprint density at radius 2 is 1.86 bits per heavy atom. The molecule has 3 aliphatic heterocycles. The Kier molecular flexibility index (Phi) is 6.61. The van der Waals surface area contributed by atoms with Crippen molar-refractivity contribution >= 4 is 50.9 Å². The predicted molar refractivity (Wildman–Crippen MR) is 133 cm³/mol. The van der Waals surface area contributed by atoms with E-state index in [2.05, 4.69) is 26.6 Å². The second-order valence-corrected chi connectivity index (χ2v) is 10.7. The van der Waals surface area contributed by atoms with Crippen molar-refractivity contribution in [3.8, 4) is 0 Å². The summed E-state index contributed by atoms with van der Waals surface area (Å²) >= 11 is 9.86. The van der Waals surface area contributed by atoms with E-state index in [1.807, 2.05) is 30.3 Å². The minimum absolute atomic E-state index is 0.0446. The largest absolute Gasteiger partial charge is 0.395 e. The third-order valence-corrected chi connectivity index (χ3v) is 8.30. The Balaban J connectivity index is 1.44.